The van der Waals surface area contributed by atoms with E-state index < -0.39 is 0 Å². The van der Waals surface area contributed by atoms with Crippen LogP contribution in [0.1, 0.15) is 10.4 Å². The highest BCUT2D eigenvalue weighted by Gasteiger charge is 2.24. The van der Waals surface area contributed by atoms with E-state index in [2.05, 4.69) is 31.0 Å². The Morgan fingerprint density at radius 1 is 1.08 bits per heavy atom. The molecule has 8 heteroatoms. The van der Waals surface area contributed by atoms with Gasteiger partial charge in [-0.15, -0.1) is 10.2 Å². The molecule has 2 aromatic rings. The quantitative estimate of drug-likeness (QED) is 0.667. The normalized spacial score (nSPS) is 14.4. The molecule has 3 rings (SSSR count). The lowest BCUT2D eigenvalue weighted by atomic mass is 10.2. The zero-order chi connectivity index (χ0) is 18.4. The molecule has 1 aliphatic rings. The van der Waals surface area contributed by atoms with E-state index in [4.69, 9.17) is 9.47 Å². The van der Waals surface area contributed by atoms with Crippen molar-refractivity contribution in [1.29, 1.82) is 0 Å². The van der Waals surface area contributed by atoms with Gasteiger partial charge in [0.1, 0.15) is 6.61 Å². The molecule has 0 N–H and O–H groups in total. The predicted octanol–water partition coefficient (Wildman–Crippen LogP) is 2.23. The summed E-state index contributed by atoms with van der Waals surface area (Å²) in [6.07, 6.45) is 0. The Bertz CT molecular complexity index is 733. The molecule has 0 aliphatic carbocycles. The van der Waals surface area contributed by atoms with Gasteiger partial charge in [-0.1, -0.05) is 12.1 Å². The van der Waals surface area contributed by atoms with Crippen LogP contribution in [0.3, 0.4) is 0 Å². The standard InChI is InChI=1S/C18H21BrN4O3/c1-25-12-13-26-17-7-6-16(20-21-17)22-8-10-23(11-9-22)18(24)14-4-2-3-5-15(14)19/h2-7H,8-13H2,1H3. The fraction of sp³-hybridized carbons (Fsp3) is 0.389. The highest BCUT2D eigenvalue weighted by Crippen LogP contribution is 2.20. The Kier molecular flexibility index (Phi) is 6.40. The summed E-state index contributed by atoms with van der Waals surface area (Å²) >= 11 is 3.45. The molecule has 1 aromatic carbocycles. The molecule has 7 nitrogen and oxygen atoms in total. The van der Waals surface area contributed by atoms with E-state index in [1.54, 1.807) is 13.2 Å². The summed E-state index contributed by atoms with van der Waals surface area (Å²) in [6, 6.07) is 11.2. The van der Waals surface area contributed by atoms with Crippen molar-refractivity contribution in [1.82, 2.24) is 15.1 Å². The van der Waals surface area contributed by atoms with Crippen molar-refractivity contribution in [3.8, 4) is 5.88 Å². The number of anilines is 1. The maximum Gasteiger partial charge on any atom is 0.255 e. The summed E-state index contributed by atoms with van der Waals surface area (Å²) in [5.41, 5.74) is 0.693. The van der Waals surface area contributed by atoms with Crippen molar-refractivity contribution in [2.45, 2.75) is 0 Å². The van der Waals surface area contributed by atoms with E-state index in [0.717, 1.165) is 23.4 Å². The summed E-state index contributed by atoms with van der Waals surface area (Å²) in [4.78, 5) is 16.6. The minimum Gasteiger partial charge on any atom is -0.474 e. The number of piperazine rings is 1. The van der Waals surface area contributed by atoms with Crippen molar-refractivity contribution < 1.29 is 14.3 Å². The molecule has 0 saturated carbocycles. The highest BCUT2D eigenvalue weighted by atomic mass is 79.9. The van der Waals surface area contributed by atoms with Crippen LogP contribution >= 0.6 is 15.9 Å². The molecule has 0 spiro atoms. The van der Waals surface area contributed by atoms with Crippen LogP contribution in [0.2, 0.25) is 0 Å². The largest absolute Gasteiger partial charge is 0.474 e. The van der Waals surface area contributed by atoms with Crippen LogP contribution in [0.25, 0.3) is 0 Å². The Balaban J connectivity index is 1.55. The van der Waals surface area contributed by atoms with E-state index in [1.807, 2.05) is 35.2 Å². The van der Waals surface area contributed by atoms with Gasteiger partial charge in [-0.05, 0) is 34.1 Å². The van der Waals surface area contributed by atoms with Gasteiger partial charge in [-0.25, -0.2) is 0 Å². The number of methoxy groups -OCH3 is 1. The number of ether oxygens (including phenoxy) is 2. The lowest BCUT2D eigenvalue weighted by Gasteiger charge is -2.35. The third kappa shape index (κ3) is 4.50. The van der Waals surface area contributed by atoms with E-state index in [0.29, 0.717) is 37.7 Å². The SMILES string of the molecule is COCCOc1ccc(N2CCN(C(=O)c3ccccc3Br)CC2)nn1. The first-order valence-electron chi connectivity index (χ1n) is 8.43. The van der Waals surface area contributed by atoms with Gasteiger partial charge in [0.25, 0.3) is 5.91 Å². The molecule has 2 heterocycles. The van der Waals surface area contributed by atoms with Gasteiger partial charge in [0.15, 0.2) is 5.82 Å². The molecule has 1 fully saturated rings. The highest BCUT2D eigenvalue weighted by molar-refractivity contribution is 9.10. The Morgan fingerprint density at radius 2 is 1.85 bits per heavy atom. The molecule has 1 amide bonds. The second-order valence-electron chi connectivity index (χ2n) is 5.83. The van der Waals surface area contributed by atoms with Crippen LogP contribution in [0.5, 0.6) is 5.88 Å². The van der Waals surface area contributed by atoms with Gasteiger partial charge >= 0.3 is 0 Å². The number of carbonyl (C=O) groups excluding carboxylic acids is 1. The molecule has 0 radical (unpaired) electrons. The first kappa shape index (κ1) is 18.6. The van der Waals surface area contributed by atoms with Crippen LogP contribution in [0.4, 0.5) is 5.82 Å². The first-order chi connectivity index (χ1) is 12.7. The zero-order valence-electron chi connectivity index (χ0n) is 14.6. The van der Waals surface area contributed by atoms with Gasteiger partial charge in [-0.2, -0.15) is 0 Å². The molecule has 1 aliphatic heterocycles. The molecule has 26 heavy (non-hydrogen) atoms. The number of rotatable bonds is 6. The molecular formula is C18H21BrN4O3. The zero-order valence-corrected chi connectivity index (χ0v) is 16.2. The number of aromatic nitrogens is 2. The fourth-order valence-corrected chi connectivity index (χ4v) is 3.19. The Morgan fingerprint density at radius 3 is 2.50 bits per heavy atom. The number of amides is 1. The van der Waals surface area contributed by atoms with Gasteiger partial charge in [0.05, 0.1) is 12.2 Å². The molecule has 0 bridgehead atoms. The van der Waals surface area contributed by atoms with E-state index in [-0.39, 0.29) is 5.91 Å². The average molecular weight is 421 g/mol. The van der Waals surface area contributed by atoms with Crippen LogP contribution in [-0.4, -0.2) is 67.5 Å². The maximum absolute atomic E-state index is 12.7. The van der Waals surface area contributed by atoms with Crippen LogP contribution in [0.15, 0.2) is 40.9 Å². The summed E-state index contributed by atoms with van der Waals surface area (Å²) in [7, 11) is 1.62. The maximum atomic E-state index is 12.7. The predicted molar refractivity (Wildman–Crippen MR) is 102 cm³/mol. The van der Waals surface area contributed by atoms with Crippen LogP contribution in [0, 0.1) is 0 Å². The molecule has 0 atom stereocenters. The third-order valence-corrected chi connectivity index (χ3v) is 4.85. The summed E-state index contributed by atoms with van der Waals surface area (Å²) in [5, 5.41) is 8.31. The van der Waals surface area contributed by atoms with Crippen LogP contribution in [-0.2, 0) is 4.74 Å². The summed E-state index contributed by atoms with van der Waals surface area (Å²) in [6.45, 7) is 3.68. The first-order valence-corrected chi connectivity index (χ1v) is 9.22. The van der Waals surface area contributed by atoms with Crippen molar-refractivity contribution in [3.05, 3.63) is 46.4 Å². The number of nitrogens with zero attached hydrogens (tertiary/aromatic N) is 4. The second-order valence-corrected chi connectivity index (χ2v) is 6.68. The number of halogens is 1. The number of benzene rings is 1. The summed E-state index contributed by atoms with van der Waals surface area (Å²) in [5.74, 6) is 1.32. The minimum absolute atomic E-state index is 0.0464. The lowest BCUT2D eigenvalue weighted by molar-refractivity contribution is 0.0745. The molecule has 1 aromatic heterocycles. The second kappa shape index (κ2) is 8.95. The Labute approximate surface area is 161 Å². The fourth-order valence-electron chi connectivity index (χ4n) is 2.73. The molecule has 1 saturated heterocycles. The Hall–Kier alpha value is -2.19. The molecule has 0 unspecified atom stereocenters. The topological polar surface area (TPSA) is 67.8 Å². The van der Waals surface area contributed by atoms with Gasteiger partial charge in [0, 0.05) is 43.8 Å². The van der Waals surface area contributed by atoms with Crippen molar-refractivity contribution >= 4 is 27.7 Å². The van der Waals surface area contributed by atoms with E-state index in [1.165, 1.54) is 0 Å². The van der Waals surface area contributed by atoms with Crippen molar-refractivity contribution in [2.24, 2.45) is 0 Å². The van der Waals surface area contributed by atoms with Gasteiger partial charge in [-0.3, -0.25) is 4.79 Å². The van der Waals surface area contributed by atoms with E-state index in [9.17, 15) is 4.79 Å². The monoisotopic (exact) mass is 420 g/mol. The molecular weight excluding hydrogens is 400 g/mol. The van der Waals surface area contributed by atoms with Crippen molar-refractivity contribution in [2.75, 3.05) is 51.4 Å². The summed E-state index contributed by atoms with van der Waals surface area (Å²) < 4.78 is 11.2. The smallest absolute Gasteiger partial charge is 0.255 e. The minimum atomic E-state index is 0.0464. The number of hydrogen-bond donors (Lipinski definition) is 0. The van der Waals surface area contributed by atoms with Crippen molar-refractivity contribution in [3.63, 3.8) is 0 Å². The molecule has 138 valence electrons. The van der Waals surface area contributed by atoms with Gasteiger partial charge < -0.3 is 19.3 Å². The lowest BCUT2D eigenvalue weighted by Crippen LogP contribution is -2.49. The number of carbonyl (C=O) groups is 1. The van der Waals surface area contributed by atoms with E-state index >= 15 is 0 Å². The average Bonchev–Trinajstić information content (AvgIpc) is 2.69. The van der Waals surface area contributed by atoms with Crippen LogP contribution < -0.4 is 9.64 Å². The third-order valence-electron chi connectivity index (χ3n) is 4.16. The van der Waals surface area contributed by atoms with Gasteiger partial charge in [0.2, 0.25) is 5.88 Å². The number of hydrogen-bond acceptors (Lipinski definition) is 6.